The Hall–Kier alpha value is -2.96. The van der Waals surface area contributed by atoms with Crippen molar-refractivity contribution in [2.45, 2.75) is 40.2 Å². The molecule has 0 aliphatic rings. The van der Waals surface area contributed by atoms with Crippen molar-refractivity contribution < 1.29 is 4.79 Å². The number of imidazole rings is 1. The van der Waals surface area contributed by atoms with Crippen LogP contribution >= 0.6 is 0 Å². The van der Waals surface area contributed by atoms with E-state index in [1.54, 1.807) is 13.1 Å². The molecule has 0 saturated carbocycles. The summed E-state index contributed by atoms with van der Waals surface area (Å²) in [5, 5.41) is 2.93. The molecule has 0 spiro atoms. The maximum atomic E-state index is 12.2. The molecule has 3 heterocycles. The first-order valence-electron chi connectivity index (χ1n) is 8.20. The summed E-state index contributed by atoms with van der Waals surface area (Å²) in [4.78, 5) is 34.4. The number of carbonyl (C=O) groups is 1. The zero-order valence-corrected chi connectivity index (χ0v) is 14.6. The van der Waals surface area contributed by atoms with E-state index >= 15 is 0 Å². The zero-order valence-electron chi connectivity index (χ0n) is 14.6. The van der Waals surface area contributed by atoms with Gasteiger partial charge in [-0.15, -0.1) is 0 Å². The van der Waals surface area contributed by atoms with Crippen LogP contribution in [-0.4, -0.2) is 25.3 Å². The van der Waals surface area contributed by atoms with E-state index < -0.39 is 0 Å². The first-order valence-corrected chi connectivity index (χ1v) is 8.20. The van der Waals surface area contributed by atoms with Crippen molar-refractivity contribution in [2.75, 3.05) is 0 Å². The number of hydrogen-bond donors (Lipinski definition) is 2. The Kier molecular flexibility index (Phi) is 4.65. The Bertz CT molecular complexity index is 961. The van der Waals surface area contributed by atoms with Gasteiger partial charge in [-0.05, 0) is 44.4 Å². The summed E-state index contributed by atoms with van der Waals surface area (Å²) in [7, 11) is 0. The summed E-state index contributed by atoms with van der Waals surface area (Å²) in [6.45, 7) is 6.04. The first-order chi connectivity index (χ1) is 12.0. The molecule has 0 aromatic carbocycles. The van der Waals surface area contributed by atoms with E-state index in [1.165, 1.54) is 0 Å². The third-order valence-electron chi connectivity index (χ3n) is 4.33. The smallest absolute Gasteiger partial charge is 0.345 e. The fourth-order valence-electron chi connectivity index (χ4n) is 2.97. The van der Waals surface area contributed by atoms with E-state index in [0.29, 0.717) is 25.1 Å². The van der Waals surface area contributed by atoms with Crippen molar-refractivity contribution in [3.63, 3.8) is 0 Å². The van der Waals surface area contributed by atoms with Gasteiger partial charge in [0.25, 0.3) is 0 Å². The van der Waals surface area contributed by atoms with Crippen molar-refractivity contribution in [2.24, 2.45) is 0 Å². The summed E-state index contributed by atoms with van der Waals surface area (Å²) in [6, 6.07) is 3.97. The van der Waals surface area contributed by atoms with E-state index in [-0.39, 0.29) is 11.6 Å². The molecular weight excluding hydrogens is 318 g/mol. The molecule has 25 heavy (non-hydrogen) atoms. The minimum absolute atomic E-state index is 0.0485. The summed E-state index contributed by atoms with van der Waals surface area (Å²) in [5.41, 5.74) is 4.93. The lowest BCUT2D eigenvalue weighted by molar-refractivity contribution is -0.121. The number of nitrogens with one attached hydrogen (secondary N) is 2. The second kappa shape index (κ2) is 6.88. The number of amides is 1. The second-order valence-corrected chi connectivity index (χ2v) is 6.14. The third-order valence-corrected chi connectivity index (χ3v) is 4.33. The normalized spacial score (nSPS) is 11.0. The Balaban J connectivity index is 1.62. The van der Waals surface area contributed by atoms with Gasteiger partial charge in [-0.1, -0.05) is 6.07 Å². The second-order valence-electron chi connectivity index (χ2n) is 6.14. The van der Waals surface area contributed by atoms with Gasteiger partial charge < -0.3 is 14.7 Å². The molecule has 1 amide bonds. The fourth-order valence-corrected chi connectivity index (χ4v) is 2.97. The van der Waals surface area contributed by atoms with Gasteiger partial charge >= 0.3 is 5.69 Å². The lowest BCUT2D eigenvalue weighted by atomic mass is 10.1. The standard InChI is InChI=1S/C18H21N5O2/c1-11-5-4-8-23-14(10-20-17(11)23)9-19-16(24)7-6-15-12(2)21-18(25)22-13(15)3/h4-5,8,10H,6-7,9H2,1-3H3,(H,19,24)(H,21,22,25). The van der Waals surface area contributed by atoms with E-state index in [9.17, 15) is 9.59 Å². The lowest BCUT2D eigenvalue weighted by Gasteiger charge is -2.09. The van der Waals surface area contributed by atoms with Gasteiger partial charge in [0.05, 0.1) is 18.4 Å². The SMILES string of the molecule is Cc1nc(=O)[nH]c(C)c1CCC(=O)NCc1cnc2c(C)cccn12. The van der Waals surface area contributed by atoms with Gasteiger partial charge in [0.15, 0.2) is 0 Å². The molecule has 3 rings (SSSR count). The van der Waals surface area contributed by atoms with Gasteiger partial charge in [0.1, 0.15) is 5.65 Å². The summed E-state index contributed by atoms with van der Waals surface area (Å²) in [6.07, 6.45) is 4.60. The van der Waals surface area contributed by atoms with Gasteiger partial charge in [0.2, 0.25) is 5.91 Å². The minimum Gasteiger partial charge on any atom is -0.350 e. The van der Waals surface area contributed by atoms with Crippen molar-refractivity contribution in [1.82, 2.24) is 24.7 Å². The number of fused-ring (bicyclic) bond motifs is 1. The average molecular weight is 339 g/mol. The van der Waals surface area contributed by atoms with Crippen LogP contribution < -0.4 is 11.0 Å². The molecule has 0 atom stereocenters. The molecule has 0 fully saturated rings. The van der Waals surface area contributed by atoms with Crippen LogP contribution in [0.2, 0.25) is 0 Å². The van der Waals surface area contributed by atoms with E-state index in [0.717, 1.165) is 28.2 Å². The summed E-state index contributed by atoms with van der Waals surface area (Å²) >= 11 is 0. The molecule has 3 aromatic rings. The first kappa shape index (κ1) is 16.9. The van der Waals surface area contributed by atoms with Gasteiger partial charge in [0, 0.05) is 24.0 Å². The highest BCUT2D eigenvalue weighted by molar-refractivity contribution is 5.76. The van der Waals surface area contributed by atoms with Crippen LogP contribution in [0.1, 0.15) is 34.6 Å². The predicted molar refractivity (Wildman–Crippen MR) is 94.4 cm³/mol. The van der Waals surface area contributed by atoms with Crippen LogP contribution in [0.4, 0.5) is 0 Å². The monoisotopic (exact) mass is 339 g/mol. The number of H-pyrrole nitrogens is 1. The van der Waals surface area contributed by atoms with Crippen LogP contribution in [0.3, 0.4) is 0 Å². The molecule has 0 aliphatic carbocycles. The molecule has 130 valence electrons. The van der Waals surface area contributed by atoms with E-state index in [1.807, 2.05) is 36.6 Å². The number of aryl methyl sites for hydroxylation is 3. The molecule has 2 N–H and O–H groups in total. The van der Waals surface area contributed by atoms with Crippen LogP contribution in [0.15, 0.2) is 29.3 Å². The highest BCUT2D eigenvalue weighted by atomic mass is 16.1. The maximum absolute atomic E-state index is 12.2. The van der Waals surface area contributed by atoms with Gasteiger partial charge in [-0.25, -0.2) is 9.78 Å². The Labute approximate surface area is 145 Å². The molecule has 7 nitrogen and oxygen atoms in total. The summed E-state index contributed by atoms with van der Waals surface area (Å²) < 4.78 is 1.98. The van der Waals surface area contributed by atoms with Crippen molar-refractivity contribution in [3.8, 4) is 0 Å². The lowest BCUT2D eigenvalue weighted by Crippen LogP contribution is -2.24. The van der Waals surface area contributed by atoms with Gasteiger partial charge in [-0.2, -0.15) is 4.98 Å². The van der Waals surface area contributed by atoms with E-state index in [4.69, 9.17) is 0 Å². The molecule has 0 unspecified atom stereocenters. The predicted octanol–water partition coefficient (Wildman–Crippen LogP) is 1.59. The van der Waals surface area contributed by atoms with Crippen LogP contribution in [0, 0.1) is 20.8 Å². The average Bonchev–Trinajstić information content (AvgIpc) is 2.96. The molecule has 0 bridgehead atoms. The molecule has 3 aromatic heterocycles. The maximum Gasteiger partial charge on any atom is 0.345 e. The van der Waals surface area contributed by atoms with Crippen LogP contribution in [0.25, 0.3) is 5.65 Å². The zero-order chi connectivity index (χ0) is 18.0. The van der Waals surface area contributed by atoms with Crippen molar-refractivity contribution in [3.05, 3.63) is 63.2 Å². The third kappa shape index (κ3) is 3.60. The number of nitrogens with zero attached hydrogens (tertiary/aromatic N) is 3. The molecule has 0 aliphatic heterocycles. The number of aromatic amines is 1. The van der Waals surface area contributed by atoms with E-state index in [2.05, 4.69) is 20.3 Å². The number of carbonyl (C=O) groups excluding carboxylic acids is 1. The van der Waals surface area contributed by atoms with Crippen molar-refractivity contribution in [1.29, 1.82) is 0 Å². The number of pyridine rings is 1. The number of hydrogen-bond acceptors (Lipinski definition) is 4. The van der Waals surface area contributed by atoms with Crippen LogP contribution in [-0.2, 0) is 17.8 Å². The molecule has 0 radical (unpaired) electrons. The largest absolute Gasteiger partial charge is 0.350 e. The van der Waals surface area contributed by atoms with Crippen LogP contribution in [0.5, 0.6) is 0 Å². The Morgan fingerprint density at radius 1 is 1.32 bits per heavy atom. The highest BCUT2D eigenvalue weighted by Crippen LogP contribution is 2.12. The minimum atomic E-state index is -0.355. The topological polar surface area (TPSA) is 92.1 Å². The Morgan fingerprint density at radius 3 is 2.88 bits per heavy atom. The van der Waals surface area contributed by atoms with Gasteiger partial charge in [-0.3, -0.25) is 4.79 Å². The molecular formula is C18H21N5O2. The number of aromatic nitrogens is 4. The highest BCUT2D eigenvalue weighted by Gasteiger charge is 2.10. The number of rotatable bonds is 5. The molecule has 0 saturated heterocycles. The quantitative estimate of drug-likeness (QED) is 0.738. The Morgan fingerprint density at radius 2 is 2.12 bits per heavy atom. The summed E-state index contributed by atoms with van der Waals surface area (Å²) in [5.74, 6) is -0.0485. The fraction of sp³-hybridized carbons (Fsp3) is 0.333. The molecule has 7 heteroatoms. The van der Waals surface area contributed by atoms with Crippen molar-refractivity contribution >= 4 is 11.6 Å².